The molecule has 1 unspecified atom stereocenters. The Morgan fingerprint density at radius 3 is 2.63 bits per heavy atom. The SMILES string of the molecule is CCCCOCCOc1cc(OC)ccc1C(C)N. The van der Waals surface area contributed by atoms with Gasteiger partial charge in [0.05, 0.1) is 13.7 Å². The van der Waals surface area contributed by atoms with Crippen molar-refractivity contribution in [2.24, 2.45) is 5.73 Å². The molecule has 1 aromatic rings. The Morgan fingerprint density at radius 2 is 2.00 bits per heavy atom. The van der Waals surface area contributed by atoms with Gasteiger partial charge in [0, 0.05) is 24.3 Å². The van der Waals surface area contributed by atoms with Crippen molar-refractivity contribution in [2.45, 2.75) is 32.7 Å². The largest absolute Gasteiger partial charge is 0.497 e. The van der Waals surface area contributed by atoms with Crippen LogP contribution in [0.1, 0.15) is 38.3 Å². The molecule has 0 aromatic heterocycles. The van der Waals surface area contributed by atoms with Crippen LogP contribution in [0.25, 0.3) is 0 Å². The lowest BCUT2D eigenvalue weighted by Gasteiger charge is -2.15. The molecule has 0 bridgehead atoms. The fraction of sp³-hybridized carbons (Fsp3) is 0.600. The molecule has 0 heterocycles. The maximum absolute atomic E-state index is 5.92. The van der Waals surface area contributed by atoms with Crippen molar-refractivity contribution in [3.63, 3.8) is 0 Å². The third kappa shape index (κ3) is 5.49. The lowest BCUT2D eigenvalue weighted by Crippen LogP contribution is -2.12. The Balaban J connectivity index is 2.50. The number of benzene rings is 1. The minimum Gasteiger partial charge on any atom is -0.497 e. The summed E-state index contributed by atoms with van der Waals surface area (Å²) in [7, 11) is 1.64. The zero-order chi connectivity index (χ0) is 14.1. The molecule has 0 saturated heterocycles. The van der Waals surface area contributed by atoms with Gasteiger partial charge in [-0.3, -0.25) is 0 Å². The van der Waals surface area contributed by atoms with E-state index in [2.05, 4.69) is 6.92 Å². The van der Waals surface area contributed by atoms with Gasteiger partial charge in [-0.05, 0) is 19.4 Å². The van der Waals surface area contributed by atoms with Crippen molar-refractivity contribution in [1.82, 2.24) is 0 Å². The first kappa shape index (κ1) is 15.8. The Bertz CT molecular complexity index is 366. The molecule has 0 amide bonds. The molecule has 4 heteroatoms. The van der Waals surface area contributed by atoms with Gasteiger partial charge in [-0.25, -0.2) is 0 Å². The molecule has 2 N–H and O–H groups in total. The molecule has 19 heavy (non-hydrogen) atoms. The molecular formula is C15H25NO3. The molecule has 0 aliphatic carbocycles. The number of hydrogen-bond donors (Lipinski definition) is 1. The third-order valence-electron chi connectivity index (χ3n) is 2.84. The Hall–Kier alpha value is -1.26. The molecule has 1 atom stereocenters. The number of hydrogen-bond acceptors (Lipinski definition) is 4. The zero-order valence-corrected chi connectivity index (χ0v) is 12.1. The molecule has 1 rings (SSSR count). The van der Waals surface area contributed by atoms with Gasteiger partial charge in [-0.2, -0.15) is 0 Å². The van der Waals surface area contributed by atoms with E-state index in [9.17, 15) is 0 Å². The maximum atomic E-state index is 5.92. The Kier molecular flexibility index (Phi) is 7.30. The zero-order valence-electron chi connectivity index (χ0n) is 12.1. The van der Waals surface area contributed by atoms with Crippen LogP contribution in [0, 0.1) is 0 Å². The molecule has 0 radical (unpaired) electrons. The molecule has 0 aliphatic rings. The van der Waals surface area contributed by atoms with Crippen LogP contribution in [0.4, 0.5) is 0 Å². The number of ether oxygens (including phenoxy) is 3. The molecule has 108 valence electrons. The van der Waals surface area contributed by atoms with Crippen molar-refractivity contribution in [2.75, 3.05) is 26.9 Å². The first-order valence-corrected chi connectivity index (χ1v) is 6.83. The van der Waals surface area contributed by atoms with E-state index in [1.807, 2.05) is 25.1 Å². The summed E-state index contributed by atoms with van der Waals surface area (Å²) >= 11 is 0. The highest BCUT2D eigenvalue weighted by Crippen LogP contribution is 2.28. The van der Waals surface area contributed by atoms with Crippen LogP contribution in [0.2, 0.25) is 0 Å². The maximum Gasteiger partial charge on any atom is 0.127 e. The molecule has 0 spiro atoms. The van der Waals surface area contributed by atoms with Crippen LogP contribution >= 0.6 is 0 Å². The topological polar surface area (TPSA) is 53.7 Å². The number of unbranched alkanes of at least 4 members (excludes halogenated alkanes) is 1. The van der Waals surface area contributed by atoms with Gasteiger partial charge in [0.2, 0.25) is 0 Å². The van der Waals surface area contributed by atoms with Gasteiger partial charge < -0.3 is 19.9 Å². The average molecular weight is 267 g/mol. The van der Waals surface area contributed by atoms with Crippen LogP contribution in [0.15, 0.2) is 18.2 Å². The van der Waals surface area contributed by atoms with E-state index >= 15 is 0 Å². The van der Waals surface area contributed by atoms with Crippen molar-refractivity contribution in [3.05, 3.63) is 23.8 Å². The van der Waals surface area contributed by atoms with Crippen molar-refractivity contribution >= 4 is 0 Å². The van der Waals surface area contributed by atoms with Gasteiger partial charge in [0.15, 0.2) is 0 Å². The van der Waals surface area contributed by atoms with Crippen LogP contribution in [0.3, 0.4) is 0 Å². The van der Waals surface area contributed by atoms with Gasteiger partial charge >= 0.3 is 0 Å². The lowest BCUT2D eigenvalue weighted by molar-refractivity contribution is 0.0975. The highest BCUT2D eigenvalue weighted by molar-refractivity contribution is 5.42. The van der Waals surface area contributed by atoms with Crippen LogP contribution in [0.5, 0.6) is 11.5 Å². The minimum absolute atomic E-state index is 0.0677. The van der Waals surface area contributed by atoms with Crippen molar-refractivity contribution in [3.8, 4) is 11.5 Å². The first-order valence-electron chi connectivity index (χ1n) is 6.83. The highest BCUT2D eigenvalue weighted by Gasteiger charge is 2.09. The summed E-state index contributed by atoms with van der Waals surface area (Å²) in [5.74, 6) is 1.54. The van der Waals surface area contributed by atoms with E-state index in [0.29, 0.717) is 13.2 Å². The summed E-state index contributed by atoms with van der Waals surface area (Å²) in [5, 5.41) is 0. The van der Waals surface area contributed by atoms with Gasteiger partial charge in [0.1, 0.15) is 18.1 Å². The summed E-state index contributed by atoms with van der Waals surface area (Å²) in [6.45, 7) is 5.99. The minimum atomic E-state index is -0.0677. The summed E-state index contributed by atoms with van der Waals surface area (Å²) in [4.78, 5) is 0. The van der Waals surface area contributed by atoms with E-state index in [0.717, 1.165) is 36.5 Å². The molecular weight excluding hydrogens is 242 g/mol. The second kappa shape index (κ2) is 8.77. The third-order valence-corrected chi connectivity index (χ3v) is 2.84. The average Bonchev–Trinajstić information content (AvgIpc) is 2.42. The predicted octanol–water partition coefficient (Wildman–Crippen LogP) is 2.91. The van der Waals surface area contributed by atoms with Gasteiger partial charge in [0.25, 0.3) is 0 Å². The monoisotopic (exact) mass is 267 g/mol. The van der Waals surface area contributed by atoms with E-state index in [-0.39, 0.29) is 6.04 Å². The standard InChI is InChI=1S/C15H25NO3/c1-4-5-8-18-9-10-19-15-11-13(17-3)6-7-14(15)12(2)16/h6-7,11-12H,4-5,8-10,16H2,1-3H3. The molecule has 0 aliphatic heterocycles. The Labute approximate surface area is 115 Å². The fourth-order valence-corrected chi connectivity index (χ4v) is 1.70. The van der Waals surface area contributed by atoms with Crippen molar-refractivity contribution < 1.29 is 14.2 Å². The van der Waals surface area contributed by atoms with E-state index in [1.165, 1.54) is 0 Å². The normalized spacial score (nSPS) is 12.2. The highest BCUT2D eigenvalue weighted by atomic mass is 16.5. The predicted molar refractivity (Wildman–Crippen MR) is 76.8 cm³/mol. The summed E-state index contributed by atoms with van der Waals surface area (Å²) in [6.07, 6.45) is 2.23. The van der Waals surface area contributed by atoms with E-state index in [1.54, 1.807) is 7.11 Å². The summed E-state index contributed by atoms with van der Waals surface area (Å²) < 4.78 is 16.4. The molecule has 4 nitrogen and oxygen atoms in total. The molecule has 0 saturated carbocycles. The number of methoxy groups -OCH3 is 1. The van der Waals surface area contributed by atoms with Gasteiger partial charge in [-0.15, -0.1) is 0 Å². The second-order valence-corrected chi connectivity index (χ2v) is 4.51. The Morgan fingerprint density at radius 1 is 1.21 bits per heavy atom. The van der Waals surface area contributed by atoms with Gasteiger partial charge in [-0.1, -0.05) is 19.4 Å². The van der Waals surface area contributed by atoms with Crippen LogP contribution in [-0.4, -0.2) is 26.9 Å². The molecule has 0 fully saturated rings. The second-order valence-electron chi connectivity index (χ2n) is 4.51. The summed E-state index contributed by atoms with van der Waals surface area (Å²) in [5.41, 5.74) is 6.90. The number of nitrogens with two attached hydrogens (primary N) is 1. The first-order chi connectivity index (χ1) is 9.19. The lowest BCUT2D eigenvalue weighted by atomic mass is 10.1. The number of rotatable bonds is 9. The smallest absolute Gasteiger partial charge is 0.127 e. The fourth-order valence-electron chi connectivity index (χ4n) is 1.70. The molecule has 1 aromatic carbocycles. The van der Waals surface area contributed by atoms with Crippen molar-refractivity contribution in [1.29, 1.82) is 0 Å². The van der Waals surface area contributed by atoms with Crippen LogP contribution < -0.4 is 15.2 Å². The quantitative estimate of drug-likeness (QED) is 0.699. The van der Waals surface area contributed by atoms with E-state index in [4.69, 9.17) is 19.9 Å². The van der Waals surface area contributed by atoms with E-state index < -0.39 is 0 Å². The van der Waals surface area contributed by atoms with Crippen LogP contribution in [-0.2, 0) is 4.74 Å². The summed E-state index contributed by atoms with van der Waals surface area (Å²) in [6, 6.07) is 5.63.